The van der Waals surface area contributed by atoms with Crippen LogP contribution in [0.5, 0.6) is 0 Å². The Bertz CT molecular complexity index is 975. The van der Waals surface area contributed by atoms with Gasteiger partial charge in [0.15, 0.2) is 0 Å². The van der Waals surface area contributed by atoms with Crippen LogP contribution in [-0.4, -0.2) is 88.1 Å². The molecule has 0 radical (unpaired) electrons. The third kappa shape index (κ3) is 21.1. The van der Waals surface area contributed by atoms with Crippen LogP contribution in [0.1, 0.15) is 128 Å². The van der Waals surface area contributed by atoms with Gasteiger partial charge in [-0.1, -0.05) is 82.6 Å². The summed E-state index contributed by atoms with van der Waals surface area (Å²) in [5.74, 6) is -0.824. The maximum Gasteiger partial charge on any atom is 0.407 e. The molecule has 0 saturated heterocycles. The van der Waals surface area contributed by atoms with Gasteiger partial charge in [-0.25, -0.2) is 9.59 Å². The number of esters is 1. The molecule has 11 heteroatoms. The Hall–Kier alpha value is -2.56. The number of amides is 3. The lowest BCUT2D eigenvalue weighted by molar-refractivity contribution is -0.149. The number of ether oxygens (including phenoxy) is 3. The molecule has 3 amide bonds. The Morgan fingerprint density at radius 1 is 0.660 bits per heavy atom. The second-order valence-electron chi connectivity index (χ2n) is 16.8. The highest BCUT2D eigenvalue weighted by Gasteiger charge is 2.38. The second kappa shape index (κ2) is 20.1. The van der Waals surface area contributed by atoms with E-state index in [4.69, 9.17) is 14.2 Å². The molecule has 0 aromatic heterocycles. The summed E-state index contributed by atoms with van der Waals surface area (Å²) < 4.78 is 16.8. The summed E-state index contributed by atoms with van der Waals surface area (Å²) in [5.41, 5.74) is -1.37. The fourth-order valence-electron chi connectivity index (χ4n) is 5.94. The molecule has 3 atom stereocenters. The Kier molecular flexibility index (Phi) is 19.0. The number of alkyl carbamates (subject to hydrolysis) is 2. The third-order valence-electron chi connectivity index (χ3n) is 8.39. The highest BCUT2D eigenvalue weighted by molar-refractivity contribution is 5.77. The fraction of sp³-hybridized carbons (Fsp3) is 0.889. The first-order valence-corrected chi connectivity index (χ1v) is 17.4. The molecule has 0 saturated carbocycles. The van der Waals surface area contributed by atoms with E-state index < -0.39 is 23.7 Å². The van der Waals surface area contributed by atoms with Crippen molar-refractivity contribution in [2.45, 2.75) is 133 Å². The quantitative estimate of drug-likeness (QED) is 0.0909. The van der Waals surface area contributed by atoms with Gasteiger partial charge < -0.3 is 35.1 Å². The largest absolute Gasteiger partial charge is 0.463 e. The van der Waals surface area contributed by atoms with E-state index in [0.29, 0.717) is 26.1 Å². The first kappa shape index (κ1) is 44.4. The normalized spacial score (nSPS) is 15.9. The van der Waals surface area contributed by atoms with Gasteiger partial charge in [0.05, 0.1) is 0 Å². The van der Waals surface area contributed by atoms with Crippen LogP contribution in [0, 0.1) is 21.7 Å². The van der Waals surface area contributed by atoms with Crippen LogP contribution in [0.3, 0.4) is 0 Å². The van der Waals surface area contributed by atoms with Crippen LogP contribution < -0.4 is 16.0 Å². The van der Waals surface area contributed by atoms with E-state index in [0.717, 1.165) is 32.1 Å². The number of nitrogens with one attached hydrogen (secondary N) is 3. The van der Waals surface area contributed by atoms with Gasteiger partial charge >= 0.3 is 18.2 Å². The van der Waals surface area contributed by atoms with E-state index in [1.807, 2.05) is 25.9 Å². The molecule has 0 rings (SSSR count). The number of hydrogen-bond donors (Lipinski definition) is 3. The third-order valence-corrected chi connectivity index (χ3v) is 8.39. The van der Waals surface area contributed by atoms with Crippen molar-refractivity contribution in [2.75, 3.05) is 53.6 Å². The molecule has 0 bridgehead atoms. The van der Waals surface area contributed by atoms with E-state index in [1.54, 1.807) is 0 Å². The minimum absolute atomic E-state index is 0.0467. The minimum Gasteiger partial charge on any atom is -0.463 e. The van der Waals surface area contributed by atoms with E-state index in [-0.39, 0.29) is 60.2 Å². The summed E-state index contributed by atoms with van der Waals surface area (Å²) in [7, 11) is 3.70. The van der Waals surface area contributed by atoms with Gasteiger partial charge in [0, 0.05) is 32.5 Å². The topological polar surface area (TPSA) is 135 Å². The van der Waals surface area contributed by atoms with Crippen LogP contribution >= 0.6 is 0 Å². The first-order chi connectivity index (χ1) is 21.5. The van der Waals surface area contributed by atoms with Crippen LogP contribution in [-0.2, 0) is 23.8 Å². The number of carbonyl (C=O) groups excluding carboxylic acids is 4. The van der Waals surface area contributed by atoms with Gasteiger partial charge in [0.1, 0.15) is 25.4 Å². The van der Waals surface area contributed by atoms with Crippen molar-refractivity contribution in [3.8, 4) is 0 Å². The maximum absolute atomic E-state index is 13.1. The van der Waals surface area contributed by atoms with Crippen LogP contribution in [0.15, 0.2) is 0 Å². The molecule has 0 fully saturated rings. The maximum atomic E-state index is 13.1. The highest BCUT2D eigenvalue weighted by Crippen LogP contribution is 2.38. The molecule has 0 heterocycles. The Balaban J connectivity index is 5.89. The van der Waals surface area contributed by atoms with Crippen LogP contribution in [0.2, 0.25) is 0 Å². The molecule has 0 aromatic rings. The van der Waals surface area contributed by atoms with Crippen molar-refractivity contribution in [2.24, 2.45) is 21.7 Å². The van der Waals surface area contributed by atoms with Crippen molar-refractivity contribution < 1.29 is 33.4 Å². The molecule has 0 aliphatic rings. The van der Waals surface area contributed by atoms with E-state index in [1.165, 1.54) is 0 Å². The molecule has 0 aromatic carbocycles. The lowest BCUT2D eigenvalue weighted by Crippen LogP contribution is -2.60. The standard InChI is InChI=1S/C36H70N4O7/c1-14-17-29(42)45-25-36(39-28(41)18-21-40(12)13,27-47-31(44)38-24-35(11,16-3)23-33(7,8)9)26-46-30(43)37-20-19-34(10,15-2)22-32(4,5)6/h14-27H2,1-13H3,(H,37,43)(H,38,44)(H,39,41). The summed E-state index contributed by atoms with van der Waals surface area (Å²) in [6, 6.07) is 0. The van der Waals surface area contributed by atoms with Crippen molar-refractivity contribution >= 4 is 24.1 Å². The SMILES string of the molecule is CCCC(=O)OCC(COC(=O)NCCC(C)(CC)CC(C)(C)C)(COC(=O)NCC(C)(CC)CC(C)(C)C)NC(=O)CCN(C)C. The molecule has 3 N–H and O–H groups in total. The molecule has 0 spiro atoms. The Morgan fingerprint density at radius 3 is 1.62 bits per heavy atom. The number of carbonyl (C=O) groups is 4. The first-order valence-electron chi connectivity index (χ1n) is 17.4. The van der Waals surface area contributed by atoms with Crippen LogP contribution in [0.25, 0.3) is 0 Å². The summed E-state index contributed by atoms with van der Waals surface area (Å²) >= 11 is 0. The molecule has 11 nitrogen and oxygen atoms in total. The van der Waals surface area contributed by atoms with Gasteiger partial charge in [0.2, 0.25) is 5.91 Å². The summed E-state index contributed by atoms with van der Waals surface area (Å²) in [6.07, 6.45) is 4.06. The van der Waals surface area contributed by atoms with Crippen molar-refractivity contribution in [3.05, 3.63) is 0 Å². The molecular weight excluding hydrogens is 600 g/mol. The Morgan fingerprint density at radius 2 is 1.15 bits per heavy atom. The van der Waals surface area contributed by atoms with Gasteiger partial charge in [-0.3, -0.25) is 9.59 Å². The van der Waals surface area contributed by atoms with Crippen molar-refractivity contribution in [1.82, 2.24) is 20.9 Å². The predicted molar refractivity (Wildman–Crippen MR) is 188 cm³/mol. The summed E-state index contributed by atoms with van der Waals surface area (Å²) in [5, 5.41) is 8.57. The van der Waals surface area contributed by atoms with E-state index in [9.17, 15) is 19.2 Å². The highest BCUT2D eigenvalue weighted by atomic mass is 16.6. The van der Waals surface area contributed by atoms with E-state index >= 15 is 0 Å². The lowest BCUT2D eigenvalue weighted by atomic mass is 9.71. The molecular formula is C36H70N4O7. The lowest BCUT2D eigenvalue weighted by Gasteiger charge is -2.36. The number of nitrogens with zero attached hydrogens (tertiary/aromatic N) is 1. The number of rotatable bonds is 21. The second-order valence-corrected chi connectivity index (χ2v) is 16.8. The van der Waals surface area contributed by atoms with Gasteiger partial charge in [-0.2, -0.15) is 0 Å². The fourth-order valence-corrected chi connectivity index (χ4v) is 5.94. The van der Waals surface area contributed by atoms with Gasteiger partial charge in [-0.15, -0.1) is 0 Å². The van der Waals surface area contributed by atoms with Gasteiger partial charge in [-0.05, 0) is 67.9 Å². The summed E-state index contributed by atoms with van der Waals surface area (Å²) in [4.78, 5) is 53.2. The average molecular weight is 671 g/mol. The van der Waals surface area contributed by atoms with Gasteiger partial charge in [0.25, 0.3) is 0 Å². The summed E-state index contributed by atoms with van der Waals surface area (Å²) in [6.45, 7) is 23.8. The Labute approximate surface area is 286 Å². The van der Waals surface area contributed by atoms with Crippen molar-refractivity contribution in [1.29, 1.82) is 0 Å². The monoisotopic (exact) mass is 671 g/mol. The zero-order chi connectivity index (χ0) is 36.5. The van der Waals surface area contributed by atoms with Crippen molar-refractivity contribution in [3.63, 3.8) is 0 Å². The number of hydrogen-bond acceptors (Lipinski definition) is 8. The molecule has 47 heavy (non-hydrogen) atoms. The zero-order valence-corrected chi connectivity index (χ0v) is 32.2. The average Bonchev–Trinajstić information content (AvgIpc) is 2.94. The molecule has 0 aliphatic carbocycles. The molecule has 0 aliphatic heterocycles. The minimum atomic E-state index is -1.49. The smallest absolute Gasteiger partial charge is 0.407 e. The zero-order valence-electron chi connectivity index (χ0n) is 32.2. The van der Waals surface area contributed by atoms with E-state index in [2.05, 4.69) is 85.2 Å². The molecule has 276 valence electrons. The predicted octanol–water partition coefficient (Wildman–Crippen LogP) is 6.68. The van der Waals surface area contributed by atoms with Crippen LogP contribution in [0.4, 0.5) is 9.59 Å². The molecule has 3 unspecified atom stereocenters.